The molecule has 0 bridgehead atoms. The van der Waals surface area contributed by atoms with E-state index in [1.165, 1.54) is 8.96 Å². The van der Waals surface area contributed by atoms with Crippen LogP contribution >= 0.6 is 0 Å². The highest BCUT2D eigenvalue weighted by Gasteiger charge is 2.53. The zero-order valence-corrected chi connectivity index (χ0v) is 20.0. The lowest BCUT2D eigenvalue weighted by atomic mass is 9.81. The molecule has 36 heavy (non-hydrogen) atoms. The molecule has 7 rings (SSSR count). The Morgan fingerprint density at radius 1 is 0.639 bits per heavy atom. The summed E-state index contributed by atoms with van der Waals surface area (Å²) in [7, 11) is 0. The van der Waals surface area contributed by atoms with E-state index in [1.54, 1.807) is 26.0 Å². The summed E-state index contributed by atoms with van der Waals surface area (Å²) in [6.07, 6.45) is 3.65. The third kappa shape index (κ3) is 2.68. The second-order valence-electron chi connectivity index (χ2n) is 9.63. The van der Waals surface area contributed by atoms with Crippen LogP contribution in [0.1, 0.15) is 23.9 Å². The fourth-order valence-corrected chi connectivity index (χ4v) is 6.15. The minimum absolute atomic E-state index is 0.556. The summed E-state index contributed by atoms with van der Waals surface area (Å²) in [5.41, 5.74) is 6.37. The van der Waals surface area contributed by atoms with E-state index in [0.29, 0.717) is 22.8 Å². The van der Waals surface area contributed by atoms with E-state index in [4.69, 9.17) is 0 Å². The van der Waals surface area contributed by atoms with Gasteiger partial charge in [0.25, 0.3) is 0 Å². The third-order valence-corrected chi connectivity index (χ3v) is 7.62. The number of hydrogen-bond donors (Lipinski definition) is 0. The Balaban J connectivity index is 1.71. The van der Waals surface area contributed by atoms with Crippen LogP contribution < -0.4 is 0 Å². The van der Waals surface area contributed by atoms with Gasteiger partial charge < -0.3 is 17.6 Å². The summed E-state index contributed by atoms with van der Waals surface area (Å²) < 4.78 is 34.4. The van der Waals surface area contributed by atoms with Crippen LogP contribution in [0, 0.1) is 6.92 Å². The Morgan fingerprint density at radius 2 is 1.19 bits per heavy atom. The zero-order valence-electron chi connectivity index (χ0n) is 20.0. The number of hydrogen-bond acceptors (Lipinski definition) is 0. The van der Waals surface area contributed by atoms with Crippen LogP contribution in [0.15, 0.2) is 109 Å². The minimum atomic E-state index is -3.99. The van der Waals surface area contributed by atoms with Gasteiger partial charge in [0.2, 0.25) is 0 Å². The standard InChI is InChI=1S/C31H23BF2N2/c1-20-16-18-27-31(28-19-17-21(2)36(28)32(33,34)35(20)27)30-25-14-8-6-12-23(25)29(22-10-4-3-5-11-22)24-13-7-9-15-26(24)30/h3-19H,1-2H3. The summed E-state index contributed by atoms with van der Waals surface area (Å²) in [6.45, 7) is -0.476. The summed E-state index contributed by atoms with van der Waals surface area (Å²) in [4.78, 5) is 0. The van der Waals surface area contributed by atoms with Gasteiger partial charge in [0.15, 0.2) is 5.70 Å². The summed E-state index contributed by atoms with van der Waals surface area (Å²) >= 11 is 0. The number of halogens is 2. The van der Waals surface area contributed by atoms with Crippen molar-refractivity contribution in [3.8, 4) is 11.1 Å². The normalized spacial score (nSPS) is 16.2. The van der Waals surface area contributed by atoms with E-state index in [0.717, 1.165) is 43.8 Å². The first-order valence-electron chi connectivity index (χ1n) is 12.2. The molecule has 0 aliphatic carbocycles. The van der Waals surface area contributed by atoms with Crippen LogP contribution in [0.5, 0.6) is 0 Å². The number of fused-ring (bicyclic) bond motifs is 4. The van der Waals surface area contributed by atoms with Crippen LogP contribution in [0.25, 0.3) is 38.2 Å². The zero-order chi connectivity index (χ0) is 24.6. The number of nitrogens with zero attached hydrogens (tertiary/aromatic N) is 2. The largest absolute Gasteiger partial charge is 0.737 e. The van der Waals surface area contributed by atoms with E-state index in [1.807, 2.05) is 30.3 Å². The Labute approximate surface area is 208 Å². The first-order valence-corrected chi connectivity index (χ1v) is 12.2. The predicted molar refractivity (Wildman–Crippen MR) is 146 cm³/mol. The maximum Gasteiger partial charge on any atom is 0.737 e. The number of benzene rings is 4. The fourth-order valence-electron chi connectivity index (χ4n) is 6.15. The van der Waals surface area contributed by atoms with Crippen molar-refractivity contribution >= 4 is 39.8 Å². The molecule has 0 saturated carbocycles. The molecule has 0 radical (unpaired) electrons. The Bertz CT molecular complexity index is 1770. The highest BCUT2D eigenvalue weighted by atomic mass is 19.2. The van der Waals surface area contributed by atoms with Crippen LogP contribution in [-0.4, -0.2) is 21.6 Å². The molecule has 0 spiro atoms. The number of aryl methyl sites for hydroxylation is 1. The van der Waals surface area contributed by atoms with E-state index in [-0.39, 0.29) is 0 Å². The fraction of sp³-hybridized carbons (Fsp3) is 0.0645. The van der Waals surface area contributed by atoms with Gasteiger partial charge in [0, 0.05) is 30.3 Å². The lowest BCUT2D eigenvalue weighted by molar-refractivity contribution is -0.362. The Morgan fingerprint density at radius 3 is 1.81 bits per heavy atom. The van der Waals surface area contributed by atoms with Crippen molar-refractivity contribution in [2.45, 2.75) is 13.8 Å². The van der Waals surface area contributed by atoms with E-state index in [2.05, 4.69) is 60.7 Å². The second kappa shape index (κ2) is 7.38. The van der Waals surface area contributed by atoms with Gasteiger partial charge in [0.05, 0.1) is 5.57 Å². The topological polar surface area (TPSA) is 7.94 Å². The maximum absolute atomic E-state index is 16.0. The molecular formula is C31H23BF2N2. The first-order chi connectivity index (χ1) is 17.5. The van der Waals surface area contributed by atoms with E-state index < -0.39 is 6.97 Å². The van der Waals surface area contributed by atoms with Gasteiger partial charge in [-0.15, -0.1) is 0 Å². The van der Waals surface area contributed by atoms with Gasteiger partial charge in [-0.1, -0.05) is 78.9 Å². The monoisotopic (exact) mass is 472 g/mol. The predicted octanol–water partition coefficient (Wildman–Crippen LogP) is 7.81. The van der Waals surface area contributed by atoms with Crippen LogP contribution in [-0.2, 0) is 0 Å². The van der Waals surface area contributed by atoms with Crippen LogP contribution in [0.3, 0.4) is 0 Å². The van der Waals surface area contributed by atoms with Crippen molar-refractivity contribution in [2.75, 3.05) is 0 Å². The minimum Gasteiger partial charge on any atom is -0.393 e. The van der Waals surface area contributed by atoms with Crippen molar-refractivity contribution < 1.29 is 13.1 Å². The molecule has 5 heteroatoms. The van der Waals surface area contributed by atoms with E-state index in [9.17, 15) is 0 Å². The third-order valence-electron chi connectivity index (χ3n) is 7.62. The van der Waals surface area contributed by atoms with Gasteiger partial charge in [0.1, 0.15) is 5.71 Å². The van der Waals surface area contributed by atoms with Crippen molar-refractivity contribution in [3.63, 3.8) is 0 Å². The van der Waals surface area contributed by atoms with Crippen LogP contribution in [0.2, 0.25) is 0 Å². The average molecular weight is 472 g/mol. The lowest BCUT2D eigenvalue weighted by Crippen LogP contribution is -2.51. The summed E-state index contributed by atoms with van der Waals surface area (Å²) in [6, 6.07) is 30.7. The number of rotatable bonds is 2. The molecule has 4 aromatic carbocycles. The molecular weight excluding hydrogens is 449 g/mol. The maximum atomic E-state index is 16.0. The average Bonchev–Trinajstić information content (AvgIpc) is 3.48. The molecule has 0 N–H and O–H groups in total. The van der Waals surface area contributed by atoms with Crippen LogP contribution in [0.4, 0.5) is 8.63 Å². The molecule has 0 amide bonds. The smallest absolute Gasteiger partial charge is 0.393 e. The number of aromatic nitrogens is 1. The van der Waals surface area contributed by atoms with Crippen molar-refractivity contribution in [2.24, 2.45) is 0 Å². The van der Waals surface area contributed by atoms with Gasteiger partial charge >= 0.3 is 6.97 Å². The highest BCUT2D eigenvalue weighted by Crippen LogP contribution is 2.47. The van der Waals surface area contributed by atoms with Gasteiger partial charge in [-0.2, -0.15) is 0 Å². The Hall–Kier alpha value is -4.25. The molecule has 2 aliphatic heterocycles. The molecule has 0 saturated heterocycles. The SMILES string of the molecule is CC1=[N+]2C(=C(c3c4ccccc4c(-c4ccccc4)c4ccccc34)c3ccc(C)n3[B-]2(F)F)C=C1. The number of allylic oxidation sites excluding steroid dienone is 2. The van der Waals surface area contributed by atoms with Gasteiger partial charge in [-0.25, -0.2) is 0 Å². The molecule has 1 aromatic heterocycles. The molecule has 2 nitrogen and oxygen atoms in total. The molecule has 3 heterocycles. The molecule has 0 unspecified atom stereocenters. The van der Waals surface area contributed by atoms with E-state index >= 15 is 8.63 Å². The molecule has 0 atom stereocenters. The summed E-state index contributed by atoms with van der Waals surface area (Å²) in [5.74, 6) is 0. The van der Waals surface area contributed by atoms with Crippen molar-refractivity contribution in [1.82, 2.24) is 4.48 Å². The van der Waals surface area contributed by atoms with Gasteiger partial charge in [-0.05, 0) is 57.4 Å². The quantitative estimate of drug-likeness (QED) is 0.183. The van der Waals surface area contributed by atoms with Gasteiger partial charge in [-0.3, -0.25) is 0 Å². The van der Waals surface area contributed by atoms with Crippen molar-refractivity contribution in [1.29, 1.82) is 0 Å². The van der Waals surface area contributed by atoms with Crippen molar-refractivity contribution in [3.05, 3.63) is 126 Å². The first kappa shape index (κ1) is 21.1. The highest BCUT2D eigenvalue weighted by molar-refractivity contribution is 6.58. The molecule has 2 aliphatic rings. The molecule has 5 aromatic rings. The lowest BCUT2D eigenvalue weighted by Gasteiger charge is -2.33. The molecule has 0 fully saturated rings. The Kier molecular flexibility index (Phi) is 4.32. The second-order valence-corrected chi connectivity index (χ2v) is 9.63. The summed E-state index contributed by atoms with van der Waals surface area (Å²) in [5, 5.41) is 4.33. The molecule has 174 valence electrons.